The predicted molar refractivity (Wildman–Crippen MR) is 149 cm³/mol. The highest BCUT2D eigenvalue weighted by Gasteiger charge is 2.40. The van der Waals surface area contributed by atoms with E-state index < -0.39 is 18.1 Å². The lowest BCUT2D eigenvalue weighted by Gasteiger charge is -2.43. The molecule has 3 amide bonds. The highest BCUT2D eigenvalue weighted by atomic mass is 16.2. The zero-order chi connectivity index (χ0) is 27.2. The van der Waals surface area contributed by atoms with Gasteiger partial charge < -0.3 is 20.9 Å². The third kappa shape index (κ3) is 6.75. The van der Waals surface area contributed by atoms with E-state index in [0.717, 1.165) is 32.4 Å². The summed E-state index contributed by atoms with van der Waals surface area (Å²) in [5.41, 5.74) is 2.49. The fourth-order valence-electron chi connectivity index (χ4n) is 6.32. The summed E-state index contributed by atoms with van der Waals surface area (Å²) in [5.74, 6) is 0.118. The number of nitrogens with zero attached hydrogens (tertiary/aromatic N) is 2. The van der Waals surface area contributed by atoms with Crippen LogP contribution >= 0.6 is 0 Å². The maximum atomic E-state index is 13.9. The molecule has 0 bridgehead atoms. The minimum Gasteiger partial charge on any atom is -0.347 e. The van der Waals surface area contributed by atoms with Crippen LogP contribution in [0.4, 0.5) is 0 Å². The second-order valence-electron chi connectivity index (χ2n) is 11.9. The van der Waals surface area contributed by atoms with Gasteiger partial charge in [0.15, 0.2) is 0 Å². The van der Waals surface area contributed by atoms with Crippen molar-refractivity contribution in [3.05, 3.63) is 35.4 Å². The number of carbonyl (C=O) groups is 3. The summed E-state index contributed by atoms with van der Waals surface area (Å²) in [5, 5.41) is 9.21. The van der Waals surface area contributed by atoms with E-state index in [0.29, 0.717) is 19.0 Å². The fraction of sp³-hybridized carbons (Fsp3) is 0.700. The van der Waals surface area contributed by atoms with Crippen molar-refractivity contribution in [2.24, 2.45) is 11.8 Å². The number of benzene rings is 1. The fourth-order valence-corrected chi connectivity index (χ4v) is 6.32. The minimum atomic E-state index is -0.676. The van der Waals surface area contributed by atoms with Crippen LogP contribution in [0.15, 0.2) is 24.3 Å². The molecule has 0 radical (unpaired) electrons. The van der Waals surface area contributed by atoms with E-state index in [9.17, 15) is 14.4 Å². The van der Waals surface area contributed by atoms with Gasteiger partial charge in [0.25, 0.3) is 0 Å². The van der Waals surface area contributed by atoms with Gasteiger partial charge in [-0.2, -0.15) is 0 Å². The Morgan fingerprint density at radius 2 is 1.74 bits per heavy atom. The summed E-state index contributed by atoms with van der Waals surface area (Å²) >= 11 is 0. The molecule has 0 aromatic heterocycles. The van der Waals surface area contributed by atoms with E-state index in [1.54, 1.807) is 18.9 Å². The Morgan fingerprint density at radius 1 is 1.00 bits per heavy atom. The second kappa shape index (κ2) is 13.1. The molecular formula is C30H47N5O3. The molecule has 4 atom stereocenters. The van der Waals surface area contributed by atoms with Gasteiger partial charge in [-0.05, 0) is 69.0 Å². The van der Waals surface area contributed by atoms with Crippen LogP contribution in [0.3, 0.4) is 0 Å². The van der Waals surface area contributed by atoms with Crippen molar-refractivity contribution in [1.82, 2.24) is 25.8 Å². The minimum absolute atomic E-state index is 0.0355. The molecule has 8 nitrogen and oxygen atoms in total. The van der Waals surface area contributed by atoms with Gasteiger partial charge in [0.05, 0.1) is 12.1 Å². The van der Waals surface area contributed by atoms with E-state index in [1.165, 1.54) is 36.8 Å². The summed E-state index contributed by atoms with van der Waals surface area (Å²) in [6.07, 6.45) is 8.05. The van der Waals surface area contributed by atoms with Crippen molar-refractivity contribution in [1.29, 1.82) is 0 Å². The summed E-state index contributed by atoms with van der Waals surface area (Å²) in [6.45, 7) is 8.43. The highest BCUT2D eigenvalue weighted by Crippen LogP contribution is 2.30. The highest BCUT2D eigenvalue weighted by molar-refractivity contribution is 5.93. The maximum Gasteiger partial charge on any atom is 0.246 e. The van der Waals surface area contributed by atoms with Crippen molar-refractivity contribution < 1.29 is 14.4 Å². The molecule has 38 heavy (non-hydrogen) atoms. The molecule has 8 heteroatoms. The summed E-state index contributed by atoms with van der Waals surface area (Å²) in [7, 11) is 1.73. The SMILES string of the molecule is CN[C@@H](C)C(=O)N[C@H](C(=O)N1CCN(CC2CCCC2)C[C@H]1C(=O)NC1CCCc2ccccc21)C(C)C. The first kappa shape index (κ1) is 28.6. The average molecular weight is 526 g/mol. The Hall–Kier alpha value is -2.45. The van der Waals surface area contributed by atoms with Gasteiger partial charge >= 0.3 is 0 Å². The lowest BCUT2D eigenvalue weighted by Crippen LogP contribution is -2.65. The first-order valence-corrected chi connectivity index (χ1v) is 14.7. The molecule has 1 aromatic carbocycles. The normalized spacial score (nSPS) is 24.1. The number of rotatable bonds is 9. The molecule has 4 rings (SSSR count). The third-order valence-corrected chi connectivity index (χ3v) is 8.78. The molecule has 1 aliphatic heterocycles. The topological polar surface area (TPSA) is 93.8 Å². The first-order chi connectivity index (χ1) is 18.3. The van der Waals surface area contributed by atoms with Crippen LogP contribution in [0.2, 0.25) is 0 Å². The standard InChI is InChI=1S/C30H47N5O3/c1-20(2)27(33-28(36)21(3)31-4)30(38)35-17-16-34(18-22-10-5-6-11-22)19-26(35)29(37)32-25-15-9-13-23-12-7-8-14-24(23)25/h7-8,12,14,20-22,25-27,31H,5-6,9-11,13,15-19H2,1-4H3,(H,32,37)(H,33,36)/t21-,25?,26-,27-/m0/s1. The van der Waals surface area contributed by atoms with E-state index in [1.807, 2.05) is 19.9 Å². The van der Waals surface area contributed by atoms with Crippen LogP contribution in [-0.4, -0.2) is 78.9 Å². The van der Waals surface area contributed by atoms with Crippen LogP contribution in [0.25, 0.3) is 0 Å². The van der Waals surface area contributed by atoms with Crippen LogP contribution in [0, 0.1) is 11.8 Å². The number of fused-ring (bicyclic) bond motifs is 1. The molecule has 1 unspecified atom stereocenters. The number of aryl methyl sites for hydroxylation is 1. The monoisotopic (exact) mass is 525 g/mol. The van der Waals surface area contributed by atoms with E-state index in [2.05, 4.69) is 39.0 Å². The Balaban J connectivity index is 1.53. The van der Waals surface area contributed by atoms with E-state index in [-0.39, 0.29) is 29.7 Å². The molecule has 1 heterocycles. The number of carbonyl (C=O) groups excluding carboxylic acids is 3. The van der Waals surface area contributed by atoms with Gasteiger partial charge in [-0.15, -0.1) is 0 Å². The van der Waals surface area contributed by atoms with Crippen molar-refractivity contribution in [2.45, 2.75) is 89.9 Å². The van der Waals surface area contributed by atoms with Crippen molar-refractivity contribution in [3.63, 3.8) is 0 Å². The predicted octanol–water partition coefficient (Wildman–Crippen LogP) is 2.63. The molecule has 0 spiro atoms. The van der Waals surface area contributed by atoms with Gasteiger partial charge in [-0.1, -0.05) is 51.0 Å². The van der Waals surface area contributed by atoms with Crippen molar-refractivity contribution >= 4 is 17.7 Å². The Morgan fingerprint density at radius 3 is 2.45 bits per heavy atom. The van der Waals surface area contributed by atoms with E-state index >= 15 is 0 Å². The van der Waals surface area contributed by atoms with Crippen LogP contribution in [-0.2, 0) is 20.8 Å². The molecule has 3 aliphatic rings. The van der Waals surface area contributed by atoms with Gasteiger partial charge in [0.1, 0.15) is 12.1 Å². The molecule has 3 N–H and O–H groups in total. The summed E-state index contributed by atoms with van der Waals surface area (Å²) in [6, 6.07) is 6.66. The Labute approximate surface area is 228 Å². The van der Waals surface area contributed by atoms with Crippen molar-refractivity contribution in [2.75, 3.05) is 33.2 Å². The molecule has 1 saturated carbocycles. The molecule has 2 aliphatic carbocycles. The van der Waals surface area contributed by atoms with E-state index in [4.69, 9.17) is 0 Å². The second-order valence-corrected chi connectivity index (χ2v) is 11.9. The molecular weight excluding hydrogens is 478 g/mol. The van der Waals surface area contributed by atoms with Crippen LogP contribution in [0.1, 0.15) is 76.5 Å². The van der Waals surface area contributed by atoms with Gasteiger partial charge in [-0.25, -0.2) is 0 Å². The summed E-state index contributed by atoms with van der Waals surface area (Å²) < 4.78 is 0. The van der Waals surface area contributed by atoms with Crippen molar-refractivity contribution in [3.8, 4) is 0 Å². The quantitative estimate of drug-likeness (QED) is 0.461. The molecule has 1 aromatic rings. The van der Waals surface area contributed by atoms with Gasteiger partial charge in [0, 0.05) is 26.2 Å². The van der Waals surface area contributed by atoms with Crippen LogP contribution in [0.5, 0.6) is 0 Å². The zero-order valence-corrected chi connectivity index (χ0v) is 23.7. The lowest BCUT2D eigenvalue weighted by molar-refractivity contribution is -0.148. The Bertz CT molecular complexity index is 976. The summed E-state index contributed by atoms with van der Waals surface area (Å²) in [4.78, 5) is 44.7. The number of hydrogen-bond acceptors (Lipinski definition) is 5. The largest absolute Gasteiger partial charge is 0.347 e. The number of likely N-dealkylation sites (N-methyl/N-ethyl adjacent to an activating group) is 1. The maximum absolute atomic E-state index is 13.9. The molecule has 1 saturated heterocycles. The molecule has 210 valence electrons. The average Bonchev–Trinajstić information content (AvgIpc) is 3.43. The smallest absolute Gasteiger partial charge is 0.246 e. The Kier molecular flexibility index (Phi) is 9.82. The zero-order valence-electron chi connectivity index (χ0n) is 23.7. The molecule has 2 fully saturated rings. The third-order valence-electron chi connectivity index (χ3n) is 8.78. The number of nitrogens with one attached hydrogen (secondary N) is 3. The number of piperazine rings is 1. The van der Waals surface area contributed by atoms with Gasteiger partial charge in [0.2, 0.25) is 17.7 Å². The number of amides is 3. The van der Waals surface area contributed by atoms with Gasteiger partial charge in [-0.3, -0.25) is 19.3 Å². The lowest BCUT2D eigenvalue weighted by atomic mass is 9.87. The first-order valence-electron chi connectivity index (χ1n) is 14.7. The number of hydrogen-bond donors (Lipinski definition) is 3. The van der Waals surface area contributed by atoms with Crippen LogP contribution < -0.4 is 16.0 Å².